The maximum atomic E-state index is 13.4. The van der Waals surface area contributed by atoms with E-state index in [4.69, 9.17) is 0 Å². The zero-order valence-electron chi connectivity index (χ0n) is 18.7. The molecule has 1 amide bonds. The Bertz CT molecular complexity index is 1380. The Morgan fingerprint density at radius 3 is 2.41 bits per heavy atom. The number of hydrogen-bond donors (Lipinski definition) is 1. The van der Waals surface area contributed by atoms with Crippen molar-refractivity contribution in [3.63, 3.8) is 0 Å². The van der Waals surface area contributed by atoms with Gasteiger partial charge in [0.15, 0.2) is 0 Å². The number of para-hydroxylation sites is 1. The number of nitrogens with zero attached hydrogens (tertiary/aromatic N) is 1. The molecule has 5 aromatic rings. The van der Waals surface area contributed by atoms with Crippen molar-refractivity contribution in [3.8, 4) is 0 Å². The molecule has 0 radical (unpaired) electrons. The van der Waals surface area contributed by atoms with Gasteiger partial charge in [0, 0.05) is 47.4 Å². The van der Waals surface area contributed by atoms with Gasteiger partial charge in [-0.1, -0.05) is 66.7 Å². The normalized spacial score (nSPS) is 12.0. The van der Waals surface area contributed by atoms with E-state index in [9.17, 15) is 9.18 Å². The number of amides is 1. The highest BCUT2D eigenvalue weighted by atomic mass is 32.1. The van der Waals surface area contributed by atoms with Crippen LogP contribution in [0.3, 0.4) is 0 Å². The highest BCUT2D eigenvalue weighted by Crippen LogP contribution is 2.37. The molecule has 0 saturated carbocycles. The summed E-state index contributed by atoms with van der Waals surface area (Å²) in [5, 5.41) is 6.28. The summed E-state index contributed by atoms with van der Waals surface area (Å²) in [5.74, 6) is -0.256. The summed E-state index contributed by atoms with van der Waals surface area (Å²) < 4.78 is 15.6. The van der Waals surface area contributed by atoms with Crippen molar-refractivity contribution in [1.29, 1.82) is 0 Å². The van der Waals surface area contributed by atoms with Crippen molar-refractivity contribution in [2.24, 2.45) is 0 Å². The van der Waals surface area contributed by atoms with Crippen LogP contribution in [0.5, 0.6) is 0 Å². The van der Waals surface area contributed by atoms with Crippen molar-refractivity contribution in [1.82, 2.24) is 9.88 Å². The van der Waals surface area contributed by atoms with Gasteiger partial charge in [-0.05, 0) is 46.3 Å². The van der Waals surface area contributed by atoms with Gasteiger partial charge in [-0.3, -0.25) is 4.79 Å². The fourth-order valence-electron chi connectivity index (χ4n) is 4.38. The number of carbonyl (C=O) groups excluding carboxylic acids is 1. The fraction of sp³-hybridized carbons (Fsp3) is 0.138. The van der Waals surface area contributed by atoms with E-state index in [1.54, 1.807) is 11.3 Å². The number of hydrogen-bond acceptors (Lipinski definition) is 2. The number of nitrogens with one attached hydrogen (secondary N) is 1. The third-order valence-corrected chi connectivity index (χ3v) is 7.06. The highest BCUT2D eigenvalue weighted by molar-refractivity contribution is 7.10. The van der Waals surface area contributed by atoms with Gasteiger partial charge in [0.25, 0.3) is 0 Å². The first kappa shape index (κ1) is 22.1. The SMILES string of the molecule is O=C(CC(c1cccs1)c1cn(Cc2ccc(F)cc2)c2ccccc12)NCc1ccccc1. The van der Waals surface area contributed by atoms with E-state index < -0.39 is 0 Å². The number of aromatic nitrogens is 1. The second-order valence-electron chi connectivity index (χ2n) is 8.39. The van der Waals surface area contributed by atoms with Crippen LogP contribution in [-0.2, 0) is 17.9 Å². The smallest absolute Gasteiger partial charge is 0.221 e. The van der Waals surface area contributed by atoms with Gasteiger partial charge in [-0.25, -0.2) is 4.39 Å². The van der Waals surface area contributed by atoms with E-state index in [1.807, 2.05) is 60.7 Å². The molecule has 1 atom stereocenters. The first-order chi connectivity index (χ1) is 16.7. The maximum Gasteiger partial charge on any atom is 0.221 e. The minimum atomic E-state index is -0.235. The largest absolute Gasteiger partial charge is 0.352 e. The molecule has 170 valence electrons. The summed E-state index contributed by atoms with van der Waals surface area (Å²) in [6.45, 7) is 1.15. The van der Waals surface area contributed by atoms with Gasteiger partial charge >= 0.3 is 0 Å². The standard InChI is InChI=1S/C29H25FN2OS/c30-23-14-12-22(13-15-23)19-32-20-26(24-9-4-5-10-27(24)32)25(28-11-6-16-34-28)17-29(33)31-18-21-7-2-1-3-8-21/h1-16,20,25H,17-19H2,(H,31,33). The number of thiophene rings is 1. The van der Waals surface area contributed by atoms with Crippen molar-refractivity contribution < 1.29 is 9.18 Å². The molecule has 0 fully saturated rings. The third-order valence-electron chi connectivity index (χ3n) is 6.07. The molecule has 34 heavy (non-hydrogen) atoms. The Labute approximate surface area is 202 Å². The van der Waals surface area contributed by atoms with Crippen LogP contribution >= 0.6 is 11.3 Å². The summed E-state index contributed by atoms with van der Waals surface area (Å²) in [6, 6.07) is 29.0. The summed E-state index contributed by atoms with van der Waals surface area (Å²) in [4.78, 5) is 14.2. The molecular weight excluding hydrogens is 443 g/mol. The van der Waals surface area contributed by atoms with E-state index in [2.05, 4.69) is 39.7 Å². The van der Waals surface area contributed by atoms with Gasteiger partial charge in [0.1, 0.15) is 5.82 Å². The van der Waals surface area contributed by atoms with Crippen molar-refractivity contribution in [2.75, 3.05) is 0 Å². The summed E-state index contributed by atoms with van der Waals surface area (Å²) >= 11 is 1.67. The first-order valence-corrected chi connectivity index (χ1v) is 12.2. The van der Waals surface area contributed by atoms with Crippen LogP contribution in [0.4, 0.5) is 4.39 Å². The topological polar surface area (TPSA) is 34.0 Å². The van der Waals surface area contributed by atoms with E-state index in [0.717, 1.165) is 27.6 Å². The second-order valence-corrected chi connectivity index (χ2v) is 9.37. The zero-order chi connectivity index (χ0) is 23.3. The van der Waals surface area contributed by atoms with Gasteiger partial charge in [0.05, 0.1) is 0 Å². The molecule has 0 bridgehead atoms. The van der Waals surface area contributed by atoms with Crippen LogP contribution in [0.2, 0.25) is 0 Å². The summed E-state index contributed by atoms with van der Waals surface area (Å²) in [6.07, 6.45) is 2.53. The molecular formula is C29H25FN2OS. The number of benzene rings is 3. The number of fused-ring (bicyclic) bond motifs is 1. The summed E-state index contributed by atoms with van der Waals surface area (Å²) in [7, 11) is 0. The molecule has 1 unspecified atom stereocenters. The second kappa shape index (κ2) is 10.1. The molecule has 5 heteroatoms. The van der Waals surface area contributed by atoms with Crippen molar-refractivity contribution in [3.05, 3.63) is 130 Å². The number of carbonyl (C=O) groups is 1. The van der Waals surface area contributed by atoms with Crippen LogP contribution < -0.4 is 5.32 Å². The lowest BCUT2D eigenvalue weighted by Gasteiger charge is -2.15. The number of rotatable bonds is 8. The zero-order valence-corrected chi connectivity index (χ0v) is 19.5. The van der Waals surface area contributed by atoms with Gasteiger partial charge in [-0.15, -0.1) is 11.3 Å². The number of halogens is 1. The van der Waals surface area contributed by atoms with Crippen LogP contribution in [0.15, 0.2) is 103 Å². The van der Waals surface area contributed by atoms with Crippen LogP contribution in [0.25, 0.3) is 10.9 Å². The Kier molecular flexibility index (Phi) is 6.54. The average Bonchev–Trinajstić information content (AvgIpc) is 3.52. The van der Waals surface area contributed by atoms with Crippen molar-refractivity contribution in [2.45, 2.75) is 25.4 Å². The molecule has 0 aliphatic heterocycles. The Hall–Kier alpha value is -3.70. The van der Waals surface area contributed by atoms with Crippen LogP contribution in [-0.4, -0.2) is 10.5 Å². The lowest BCUT2D eigenvalue weighted by Crippen LogP contribution is -2.24. The molecule has 2 aromatic heterocycles. The molecule has 0 saturated heterocycles. The van der Waals surface area contributed by atoms with E-state index >= 15 is 0 Å². The van der Waals surface area contributed by atoms with E-state index in [-0.39, 0.29) is 17.6 Å². The molecule has 2 heterocycles. The van der Waals surface area contributed by atoms with Crippen LogP contribution in [0.1, 0.15) is 33.9 Å². The predicted molar refractivity (Wildman–Crippen MR) is 137 cm³/mol. The monoisotopic (exact) mass is 468 g/mol. The lowest BCUT2D eigenvalue weighted by atomic mass is 9.93. The Balaban J connectivity index is 1.45. The molecule has 0 spiro atoms. The predicted octanol–water partition coefficient (Wildman–Crippen LogP) is 6.73. The quantitative estimate of drug-likeness (QED) is 0.269. The highest BCUT2D eigenvalue weighted by Gasteiger charge is 2.23. The average molecular weight is 469 g/mol. The Morgan fingerprint density at radius 2 is 1.65 bits per heavy atom. The molecule has 0 aliphatic rings. The Morgan fingerprint density at radius 1 is 0.882 bits per heavy atom. The lowest BCUT2D eigenvalue weighted by molar-refractivity contribution is -0.121. The molecule has 1 N–H and O–H groups in total. The van der Waals surface area contributed by atoms with E-state index in [1.165, 1.54) is 17.0 Å². The molecule has 5 rings (SSSR count). The minimum Gasteiger partial charge on any atom is -0.352 e. The molecule has 0 aliphatic carbocycles. The fourth-order valence-corrected chi connectivity index (χ4v) is 5.22. The minimum absolute atomic E-state index is 0.0256. The summed E-state index contributed by atoms with van der Waals surface area (Å²) in [5.41, 5.74) is 4.35. The first-order valence-electron chi connectivity index (χ1n) is 11.3. The maximum absolute atomic E-state index is 13.4. The van der Waals surface area contributed by atoms with Crippen LogP contribution in [0, 0.1) is 5.82 Å². The molecule has 3 aromatic carbocycles. The van der Waals surface area contributed by atoms with Gasteiger partial charge < -0.3 is 9.88 Å². The van der Waals surface area contributed by atoms with E-state index in [0.29, 0.717) is 19.5 Å². The third kappa shape index (κ3) is 4.95. The van der Waals surface area contributed by atoms with Gasteiger partial charge in [-0.2, -0.15) is 0 Å². The van der Waals surface area contributed by atoms with Crippen molar-refractivity contribution >= 4 is 28.1 Å². The molecule has 3 nitrogen and oxygen atoms in total. The van der Waals surface area contributed by atoms with Gasteiger partial charge in [0.2, 0.25) is 5.91 Å².